The van der Waals surface area contributed by atoms with Crippen LogP contribution in [0.5, 0.6) is 5.75 Å². The van der Waals surface area contributed by atoms with Gasteiger partial charge in [-0.2, -0.15) is 4.98 Å². The summed E-state index contributed by atoms with van der Waals surface area (Å²) in [4.78, 5) is 7.95. The average Bonchev–Trinajstić information content (AvgIpc) is 2.79. The molecule has 2 aromatic rings. The fourth-order valence-electron chi connectivity index (χ4n) is 1.40. The highest BCUT2D eigenvalue weighted by Gasteiger charge is 2.16. The summed E-state index contributed by atoms with van der Waals surface area (Å²) < 4.78 is 10.4. The van der Waals surface area contributed by atoms with Gasteiger partial charge in [0.2, 0.25) is 5.82 Å². The van der Waals surface area contributed by atoms with E-state index in [0.29, 0.717) is 18.0 Å². The van der Waals surface area contributed by atoms with Gasteiger partial charge in [-0.05, 0) is 19.9 Å². The number of rotatable bonds is 4. The van der Waals surface area contributed by atoms with Crippen LogP contribution in [-0.2, 0) is 4.74 Å². The highest BCUT2D eigenvalue weighted by atomic mass is 16.5. The molecule has 0 fully saturated rings. The van der Waals surface area contributed by atoms with E-state index in [-0.39, 0.29) is 17.7 Å². The lowest BCUT2D eigenvalue weighted by molar-refractivity contribution is 0.0683. The Labute approximate surface area is 98.3 Å². The van der Waals surface area contributed by atoms with E-state index in [2.05, 4.69) is 15.1 Å². The molecule has 2 rings (SSSR count). The lowest BCUT2D eigenvalue weighted by atomic mass is 10.2. The van der Waals surface area contributed by atoms with Crippen LogP contribution in [0.25, 0.3) is 11.5 Å². The normalized spacial score (nSPS) is 12.6. The Morgan fingerprint density at radius 1 is 1.53 bits per heavy atom. The fraction of sp³-hybridized carbons (Fsp3) is 0.364. The molecular formula is C11H13N3O3. The number of nitrogens with zero attached hydrogens (tertiary/aromatic N) is 3. The van der Waals surface area contributed by atoms with E-state index in [1.807, 2.05) is 13.8 Å². The van der Waals surface area contributed by atoms with Gasteiger partial charge in [-0.1, -0.05) is 5.16 Å². The minimum Gasteiger partial charge on any atom is -0.505 e. The zero-order valence-corrected chi connectivity index (χ0v) is 9.62. The van der Waals surface area contributed by atoms with Gasteiger partial charge >= 0.3 is 0 Å². The summed E-state index contributed by atoms with van der Waals surface area (Å²) >= 11 is 0. The Morgan fingerprint density at radius 2 is 2.35 bits per heavy atom. The van der Waals surface area contributed by atoms with Crippen molar-refractivity contribution in [1.29, 1.82) is 0 Å². The van der Waals surface area contributed by atoms with Gasteiger partial charge in [0.15, 0.2) is 0 Å². The van der Waals surface area contributed by atoms with Crippen LogP contribution in [-0.4, -0.2) is 26.8 Å². The van der Waals surface area contributed by atoms with Gasteiger partial charge in [-0.25, -0.2) is 0 Å². The van der Waals surface area contributed by atoms with Gasteiger partial charge in [0, 0.05) is 12.8 Å². The van der Waals surface area contributed by atoms with Crippen LogP contribution < -0.4 is 0 Å². The molecule has 6 heteroatoms. The van der Waals surface area contributed by atoms with E-state index in [0.717, 1.165) is 0 Å². The van der Waals surface area contributed by atoms with Crippen molar-refractivity contribution >= 4 is 0 Å². The molecule has 17 heavy (non-hydrogen) atoms. The first kappa shape index (κ1) is 11.5. The molecule has 0 amide bonds. The van der Waals surface area contributed by atoms with Crippen molar-refractivity contribution in [2.75, 3.05) is 6.61 Å². The van der Waals surface area contributed by atoms with E-state index in [9.17, 15) is 5.11 Å². The summed E-state index contributed by atoms with van der Waals surface area (Å²) in [6, 6.07) is 1.61. The van der Waals surface area contributed by atoms with Gasteiger partial charge in [-0.15, -0.1) is 0 Å². The summed E-state index contributed by atoms with van der Waals surface area (Å²) in [6.45, 7) is 4.31. The summed E-state index contributed by atoms with van der Waals surface area (Å²) in [7, 11) is 0. The first-order valence-corrected chi connectivity index (χ1v) is 5.31. The molecule has 1 unspecified atom stereocenters. The number of ether oxygens (including phenoxy) is 1. The highest BCUT2D eigenvalue weighted by Crippen LogP contribution is 2.27. The number of hydrogen-bond donors (Lipinski definition) is 1. The number of aromatic hydroxyl groups is 1. The number of hydrogen-bond acceptors (Lipinski definition) is 6. The molecule has 2 aromatic heterocycles. The maximum atomic E-state index is 9.59. The van der Waals surface area contributed by atoms with E-state index < -0.39 is 0 Å². The summed E-state index contributed by atoms with van der Waals surface area (Å²) in [6.07, 6.45) is 2.64. The molecule has 90 valence electrons. The van der Waals surface area contributed by atoms with Crippen molar-refractivity contribution in [3.8, 4) is 17.2 Å². The van der Waals surface area contributed by atoms with Crippen molar-refractivity contribution in [3.05, 3.63) is 24.3 Å². The predicted octanol–water partition coefficient (Wildman–Crippen LogP) is 1.93. The van der Waals surface area contributed by atoms with Crippen molar-refractivity contribution < 1.29 is 14.4 Å². The highest BCUT2D eigenvalue weighted by molar-refractivity contribution is 5.60. The molecule has 6 nitrogen and oxygen atoms in total. The Balaban J connectivity index is 2.27. The maximum Gasteiger partial charge on any atom is 0.261 e. The van der Waals surface area contributed by atoms with E-state index in [1.165, 1.54) is 6.20 Å². The SMILES string of the molecule is CCOC(C)c1noc(-c2ccncc2O)n1. The maximum absolute atomic E-state index is 9.59. The fourth-order valence-corrected chi connectivity index (χ4v) is 1.40. The van der Waals surface area contributed by atoms with E-state index in [1.54, 1.807) is 12.3 Å². The third-order valence-electron chi connectivity index (χ3n) is 2.25. The van der Waals surface area contributed by atoms with Crippen molar-refractivity contribution in [1.82, 2.24) is 15.1 Å². The average molecular weight is 235 g/mol. The Hall–Kier alpha value is -1.95. The van der Waals surface area contributed by atoms with Crippen LogP contribution in [0.1, 0.15) is 25.8 Å². The lowest BCUT2D eigenvalue weighted by Crippen LogP contribution is -2.01. The molecule has 0 aliphatic heterocycles. The second-order valence-electron chi connectivity index (χ2n) is 3.45. The van der Waals surface area contributed by atoms with Crippen molar-refractivity contribution in [2.45, 2.75) is 20.0 Å². The second kappa shape index (κ2) is 4.92. The molecule has 1 atom stereocenters. The standard InChI is InChI=1S/C11H13N3O3/c1-3-16-7(2)10-13-11(17-14-10)8-4-5-12-6-9(8)15/h4-7,15H,3H2,1-2H3. The number of pyridine rings is 1. The Bertz CT molecular complexity index is 498. The van der Waals surface area contributed by atoms with E-state index in [4.69, 9.17) is 9.26 Å². The van der Waals surface area contributed by atoms with Crippen LogP contribution in [0.4, 0.5) is 0 Å². The third kappa shape index (κ3) is 2.42. The molecule has 0 radical (unpaired) electrons. The Morgan fingerprint density at radius 3 is 3.06 bits per heavy atom. The molecule has 0 saturated carbocycles. The summed E-state index contributed by atoms with van der Waals surface area (Å²) in [5.74, 6) is 0.719. The minimum absolute atomic E-state index is 0.00626. The van der Waals surface area contributed by atoms with Gasteiger partial charge in [-0.3, -0.25) is 4.98 Å². The van der Waals surface area contributed by atoms with Gasteiger partial charge in [0.05, 0.1) is 11.8 Å². The van der Waals surface area contributed by atoms with Crippen LogP contribution in [0.3, 0.4) is 0 Å². The van der Waals surface area contributed by atoms with Crippen molar-refractivity contribution in [2.24, 2.45) is 0 Å². The molecule has 0 spiro atoms. The zero-order chi connectivity index (χ0) is 12.3. The van der Waals surface area contributed by atoms with Gasteiger partial charge < -0.3 is 14.4 Å². The lowest BCUT2D eigenvalue weighted by Gasteiger charge is -2.04. The molecule has 2 heterocycles. The first-order chi connectivity index (χ1) is 8.22. The number of aromatic nitrogens is 3. The molecule has 1 N–H and O–H groups in total. The quantitative estimate of drug-likeness (QED) is 0.872. The van der Waals surface area contributed by atoms with Gasteiger partial charge in [0.25, 0.3) is 5.89 Å². The zero-order valence-electron chi connectivity index (χ0n) is 9.62. The Kier molecular flexibility index (Phi) is 3.34. The molecule has 0 bridgehead atoms. The topological polar surface area (TPSA) is 81.3 Å². The summed E-state index contributed by atoms with van der Waals surface area (Å²) in [5.41, 5.74) is 0.461. The van der Waals surface area contributed by atoms with Crippen LogP contribution >= 0.6 is 0 Å². The molecule has 0 aliphatic rings. The van der Waals surface area contributed by atoms with E-state index >= 15 is 0 Å². The van der Waals surface area contributed by atoms with Crippen molar-refractivity contribution in [3.63, 3.8) is 0 Å². The summed E-state index contributed by atoms with van der Waals surface area (Å²) in [5, 5.41) is 13.4. The monoisotopic (exact) mass is 235 g/mol. The largest absolute Gasteiger partial charge is 0.505 e. The van der Waals surface area contributed by atoms with Crippen LogP contribution in [0, 0.1) is 0 Å². The minimum atomic E-state index is -0.235. The third-order valence-corrected chi connectivity index (χ3v) is 2.25. The van der Waals surface area contributed by atoms with Gasteiger partial charge in [0.1, 0.15) is 11.9 Å². The molecule has 0 saturated heterocycles. The first-order valence-electron chi connectivity index (χ1n) is 5.31. The van der Waals surface area contributed by atoms with Crippen LogP contribution in [0.2, 0.25) is 0 Å². The molecule has 0 aromatic carbocycles. The van der Waals surface area contributed by atoms with Crippen LogP contribution in [0.15, 0.2) is 23.0 Å². The second-order valence-corrected chi connectivity index (χ2v) is 3.45. The predicted molar refractivity (Wildman–Crippen MR) is 59.2 cm³/mol. The molecular weight excluding hydrogens is 222 g/mol. The molecule has 0 aliphatic carbocycles. The smallest absolute Gasteiger partial charge is 0.261 e.